The molecule has 1 aliphatic heterocycles. The Morgan fingerprint density at radius 3 is 2.68 bits per heavy atom. The van der Waals surface area contributed by atoms with Gasteiger partial charge in [0.15, 0.2) is 0 Å². The van der Waals surface area contributed by atoms with Gasteiger partial charge in [-0.25, -0.2) is 4.79 Å². The molecule has 6 atom stereocenters. The van der Waals surface area contributed by atoms with Gasteiger partial charge in [0, 0.05) is 30.6 Å². The smallest absolute Gasteiger partial charge is 0.337 e. The molecule has 0 radical (unpaired) electrons. The van der Waals surface area contributed by atoms with Crippen LogP contribution in [0.1, 0.15) is 72.9 Å². The molecule has 0 bridgehead atoms. The van der Waals surface area contributed by atoms with Crippen LogP contribution in [-0.2, 0) is 35.6 Å². The number of benzene rings is 2. The van der Waals surface area contributed by atoms with Gasteiger partial charge in [0.2, 0.25) is 0 Å². The molecule has 2 aromatic rings. The van der Waals surface area contributed by atoms with Gasteiger partial charge >= 0.3 is 5.97 Å². The van der Waals surface area contributed by atoms with E-state index < -0.39 is 10.1 Å². The molecule has 2 fully saturated rings. The van der Waals surface area contributed by atoms with E-state index in [4.69, 9.17) is 30.0 Å². The van der Waals surface area contributed by atoms with E-state index in [1.165, 1.54) is 18.2 Å². The number of aryl methyl sites for hydroxylation is 1. The first-order chi connectivity index (χ1) is 21.1. The van der Waals surface area contributed by atoms with Gasteiger partial charge < -0.3 is 19.1 Å². The molecule has 1 heterocycles. The Hall–Kier alpha value is -2.33. The fraction of sp³-hybridized carbons (Fsp3) is 0.618. The summed E-state index contributed by atoms with van der Waals surface area (Å²) < 4.78 is 47.0. The van der Waals surface area contributed by atoms with E-state index in [9.17, 15) is 13.2 Å². The molecule has 4 aliphatic rings. The Labute approximate surface area is 266 Å². The zero-order chi connectivity index (χ0) is 31.1. The standard InChI is InChI=1S/C34H44ClNO7S/c1-40-32(23-6-4-8-27(17-23)43-44(3,38)39)28-12-9-25(28)19-36-20-34(15-5-7-22-16-26(35)11-13-29(22)34)21-42-31-14-10-24(18-30(31)36)33(37)41-2/h10-11,13-14,16,18,23,25,27-28,32H,4-9,12,15,17,19-21H2,1-3H3/t23-,25-,27?,28+,32-,34-/m0/s1. The Kier molecular flexibility index (Phi) is 9.22. The Morgan fingerprint density at radius 2 is 1.95 bits per heavy atom. The zero-order valence-electron chi connectivity index (χ0n) is 25.9. The number of halogens is 1. The molecule has 44 heavy (non-hydrogen) atoms. The summed E-state index contributed by atoms with van der Waals surface area (Å²) in [7, 11) is -0.308. The minimum Gasteiger partial charge on any atom is -0.490 e. The number of rotatable bonds is 8. The topological polar surface area (TPSA) is 91.4 Å². The molecule has 0 N–H and O–H groups in total. The van der Waals surface area contributed by atoms with Gasteiger partial charge in [-0.1, -0.05) is 24.1 Å². The van der Waals surface area contributed by atoms with Crippen LogP contribution in [0.4, 0.5) is 5.69 Å². The summed E-state index contributed by atoms with van der Waals surface area (Å²) in [5.74, 6) is 1.40. The van der Waals surface area contributed by atoms with Gasteiger partial charge in [-0.3, -0.25) is 4.18 Å². The average Bonchev–Trinajstić information content (AvgIpc) is 3.13. The van der Waals surface area contributed by atoms with Crippen molar-refractivity contribution in [2.45, 2.75) is 75.4 Å². The van der Waals surface area contributed by atoms with Crippen molar-refractivity contribution in [1.82, 2.24) is 0 Å². The molecule has 0 saturated heterocycles. The second-order valence-corrected chi connectivity index (χ2v) is 15.4. The monoisotopic (exact) mass is 645 g/mol. The summed E-state index contributed by atoms with van der Waals surface area (Å²) >= 11 is 6.42. The molecule has 10 heteroatoms. The van der Waals surface area contributed by atoms with E-state index in [-0.39, 0.29) is 29.5 Å². The molecular weight excluding hydrogens is 602 g/mol. The maximum absolute atomic E-state index is 12.6. The van der Waals surface area contributed by atoms with Crippen molar-refractivity contribution in [3.8, 4) is 5.75 Å². The van der Waals surface area contributed by atoms with Crippen molar-refractivity contribution >= 4 is 33.4 Å². The minimum absolute atomic E-state index is 0.0373. The number of nitrogens with zero attached hydrogens (tertiary/aromatic N) is 1. The van der Waals surface area contributed by atoms with Crippen LogP contribution in [0.5, 0.6) is 5.75 Å². The van der Waals surface area contributed by atoms with Crippen molar-refractivity contribution in [3.05, 3.63) is 58.1 Å². The maximum atomic E-state index is 12.6. The van der Waals surface area contributed by atoms with E-state index >= 15 is 0 Å². The predicted octanol–water partition coefficient (Wildman–Crippen LogP) is 6.18. The number of hydrogen-bond donors (Lipinski definition) is 0. The van der Waals surface area contributed by atoms with Crippen molar-refractivity contribution in [1.29, 1.82) is 0 Å². The molecule has 0 amide bonds. The van der Waals surface area contributed by atoms with Gasteiger partial charge in [0.25, 0.3) is 10.1 Å². The van der Waals surface area contributed by atoms with Crippen LogP contribution in [0.25, 0.3) is 0 Å². The number of carbonyl (C=O) groups excluding carboxylic acids is 1. The van der Waals surface area contributed by atoms with Gasteiger partial charge in [-0.15, -0.1) is 0 Å². The van der Waals surface area contributed by atoms with Crippen LogP contribution in [0.2, 0.25) is 5.02 Å². The summed E-state index contributed by atoms with van der Waals surface area (Å²) in [4.78, 5) is 15.0. The Balaban J connectivity index is 1.29. The van der Waals surface area contributed by atoms with Crippen LogP contribution in [0.3, 0.4) is 0 Å². The second kappa shape index (κ2) is 12.8. The predicted molar refractivity (Wildman–Crippen MR) is 170 cm³/mol. The lowest BCUT2D eigenvalue weighted by Gasteiger charge is -2.48. The molecule has 2 aromatic carbocycles. The number of methoxy groups -OCH3 is 2. The minimum atomic E-state index is -3.50. The van der Waals surface area contributed by atoms with Crippen LogP contribution < -0.4 is 9.64 Å². The second-order valence-electron chi connectivity index (χ2n) is 13.3. The Bertz CT molecular complexity index is 1480. The summed E-state index contributed by atoms with van der Waals surface area (Å²) in [6, 6.07) is 11.9. The number of anilines is 1. The molecule has 2 saturated carbocycles. The van der Waals surface area contributed by atoms with Crippen LogP contribution >= 0.6 is 11.6 Å². The molecule has 240 valence electrons. The first-order valence-corrected chi connectivity index (χ1v) is 18.1. The summed E-state index contributed by atoms with van der Waals surface area (Å²) in [6.45, 7) is 2.14. The first-order valence-electron chi connectivity index (χ1n) is 15.9. The molecule has 6 rings (SSSR count). The zero-order valence-corrected chi connectivity index (χ0v) is 27.5. The highest BCUT2D eigenvalue weighted by Crippen LogP contribution is 2.48. The van der Waals surface area contributed by atoms with E-state index in [0.717, 1.165) is 87.2 Å². The number of carbonyl (C=O) groups is 1. The quantitative estimate of drug-likeness (QED) is 0.249. The van der Waals surface area contributed by atoms with Crippen molar-refractivity contribution in [2.75, 3.05) is 45.1 Å². The fourth-order valence-corrected chi connectivity index (χ4v) is 9.29. The first kappa shape index (κ1) is 31.6. The molecule has 8 nitrogen and oxygen atoms in total. The summed E-state index contributed by atoms with van der Waals surface area (Å²) in [5.41, 5.74) is 3.81. The highest BCUT2D eigenvalue weighted by molar-refractivity contribution is 7.86. The lowest BCUT2D eigenvalue weighted by Crippen LogP contribution is -2.51. The lowest BCUT2D eigenvalue weighted by atomic mass is 9.65. The van der Waals surface area contributed by atoms with E-state index in [2.05, 4.69) is 17.0 Å². The normalized spacial score (nSPS) is 29.0. The van der Waals surface area contributed by atoms with Crippen LogP contribution in [-0.4, -0.2) is 66.8 Å². The Morgan fingerprint density at radius 1 is 1.11 bits per heavy atom. The van der Waals surface area contributed by atoms with Gasteiger partial charge in [-0.2, -0.15) is 8.42 Å². The fourth-order valence-electron chi connectivity index (χ4n) is 8.43. The maximum Gasteiger partial charge on any atom is 0.337 e. The highest BCUT2D eigenvalue weighted by Gasteiger charge is 2.46. The van der Waals surface area contributed by atoms with E-state index in [0.29, 0.717) is 30.4 Å². The average molecular weight is 646 g/mol. The highest BCUT2D eigenvalue weighted by atomic mass is 35.5. The van der Waals surface area contributed by atoms with Crippen LogP contribution in [0.15, 0.2) is 36.4 Å². The van der Waals surface area contributed by atoms with Crippen LogP contribution in [0, 0.1) is 17.8 Å². The number of ether oxygens (including phenoxy) is 3. The van der Waals surface area contributed by atoms with Crippen molar-refractivity contribution in [3.63, 3.8) is 0 Å². The molecule has 1 spiro atoms. The van der Waals surface area contributed by atoms with Gasteiger partial charge in [0.05, 0.1) is 43.4 Å². The third-order valence-corrected chi connectivity index (χ3v) is 11.4. The van der Waals surface area contributed by atoms with Crippen molar-refractivity contribution in [2.24, 2.45) is 17.8 Å². The van der Waals surface area contributed by atoms with Gasteiger partial charge in [0.1, 0.15) is 5.75 Å². The lowest BCUT2D eigenvalue weighted by molar-refractivity contribution is -0.0693. The SMILES string of the molecule is COC(=O)c1ccc2c(c1)N(C[C@@H]1CC[C@H]1[C@@H](OC)[C@H]1CCCC(OS(C)(=O)=O)C1)C[C@@]1(CCCc3cc(Cl)ccc31)CO2. The van der Waals surface area contributed by atoms with E-state index in [1.54, 1.807) is 13.2 Å². The van der Waals surface area contributed by atoms with Crippen molar-refractivity contribution < 1.29 is 31.6 Å². The summed E-state index contributed by atoms with van der Waals surface area (Å²) in [5, 5.41) is 0.757. The molecule has 3 aliphatic carbocycles. The molecule has 0 aromatic heterocycles. The molecular formula is C34H44ClNO7S. The van der Waals surface area contributed by atoms with Gasteiger partial charge in [-0.05, 0) is 111 Å². The van der Waals surface area contributed by atoms with E-state index in [1.807, 2.05) is 18.2 Å². The number of fused-ring (bicyclic) bond motifs is 3. The third kappa shape index (κ3) is 6.48. The summed E-state index contributed by atoms with van der Waals surface area (Å²) in [6.07, 6.45) is 9.51. The number of hydrogen-bond acceptors (Lipinski definition) is 8. The largest absolute Gasteiger partial charge is 0.490 e. The molecule has 1 unspecified atom stereocenters. The number of esters is 1. The third-order valence-electron chi connectivity index (χ3n) is 10.5.